The Bertz CT molecular complexity index is 864. The van der Waals surface area contributed by atoms with Gasteiger partial charge in [0.1, 0.15) is 11.9 Å². The van der Waals surface area contributed by atoms with Crippen LogP contribution in [0.25, 0.3) is 0 Å². The van der Waals surface area contributed by atoms with E-state index in [4.69, 9.17) is 0 Å². The largest absolute Gasteiger partial charge is 0.545 e. The number of carboxylic acids is 1. The van der Waals surface area contributed by atoms with Crippen LogP contribution >= 0.6 is 0 Å². The lowest BCUT2D eigenvalue weighted by Crippen LogP contribution is -2.35. The van der Waals surface area contributed by atoms with Gasteiger partial charge in [-0.1, -0.05) is 12.1 Å². The number of benzene rings is 2. The van der Waals surface area contributed by atoms with Crippen molar-refractivity contribution in [3.8, 4) is 0 Å². The van der Waals surface area contributed by atoms with Crippen LogP contribution in [-0.4, -0.2) is 23.8 Å². The second-order valence-corrected chi connectivity index (χ2v) is 5.76. The van der Waals surface area contributed by atoms with Gasteiger partial charge in [-0.15, -0.1) is 0 Å². The van der Waals surface area contributed by atoms with E-state index in [9.17, 15) is 23.9 Å². The van der Waals surface area contributed by atoms with Gasteiger partial charge in [-0.3, -0.25) is 9.59 Å². The molecular weight excluding hydrogens is 327 g/mol. The third kappa shape index (κ3) is 3.21. The van der Waals surface area contributed by atoms with E-state index >= 15 is 0 Å². The summed E-state index contributed by atoms with van der Waals surface area (Å²) < 4.78 is 13.0. The molecule has 1 aliphatic heterocycles. The second kappa shape index (κ2) is 6.35. The van der Waals surface area contributed by atoms with Crippen molar-refractivity contribution in [3.05, 3.63) is 59.4 Å². The van der Waals surface area contributed by atoms with Crippen LogP contribution in [0.15, 0.2) is 42.5 Å². The van der Waals surface area contributed by atoms with E-state index in [1.807, 2.05) is 0 Å². The lowest BCUT2D eigenvalue weighted by atomic mass is 10.1. The third-order valence-corrected chi connectivity index (χ3v) is 4.03. The first-order valence-corrected chi connectivity index (χ1v) is 7.57. The molecule has 1 heterocycles. The fourth-order valence-corrected chi connectivity index (χ4v) is 2.70. The van der Waals surface area contributed by atoms with Gasteiger partial charge >= 0.3 is 0 Å². The minimum atomic E-state index is -1.33. The van der Waals surface area contributed by atoms with E-state index in [1.54, 1.807) is 13.0 Å². The van der Waals surface area contributed by atoms with Gasteiger partial charge in [0.2, 0.25) is 5.91 Å². The number of nitrogens with one attached hydrogen (secondary N) is 1. The molecule has 2 aromatic carbocycles. The molecule has 25 heavy (non-hydrogen) atoms. The maximum absolute atomic E-state index is 13.0. The molecule has 1 atom stereocenters. The molecule has 7 heteroatoms. The van der Waals surface area contributed by atoms with Crippen LogP contribution < -0.4 is 15.3 Å². The Balaban J connectivity index is 1.84. The normalized spacial score (nSPS) is 17.0. The van der Waals surface area contributed by atoms with E-state index < -0.39 is 29.6 Å². The Kier molecular flexibility index (Phi) is 4.22. The Labute approximate surface area is 142 Å². The minimum absolute atomic E-state index is 0.0275. The summed E-state index contributed by atoms with van der Waals surface area (Å²) in [7, 11) is 0. The number of aromatic carboxylic acids is 1. The predicted octanol–water partition coefficient (Wildman–Crippen LogP) is 1.24. The van der Waals surface area contributed by atoms with Gasteiger partial charge in [-0.25, -0.2) is 9.29 Å². The number of hydrogen-bond donors (Lipinski definition) is 1. The van der Waals surface area contributed by atoms with E-state index in [2.05, 4.69) is 5.32 Å². The van der Waals surface area contributed by atoms with Crippen molar-refractivity contribution in [2.75, 3.05) is 10.2 Å². The first-order valence-electron chi connectivity index (χ1n) is 7.57. The first kappa shape index (κ1) is 16.6. The van der Waals surface area contributed by atoms with Crippen molar-refractivity contribution >= 4 is 29.2 Å². The van der Waals surface area contributed by atoms with Crippen LogP contribution in [-0.2, 0) is 9.59 Å². The predicted molar refractivity (Wildman–Crippen MR) is 86.4 cm³/mol. The molecule has 2 aromatic rings. The molecular formula is C18H14FN2O4-. The van der Waals surface area contributed by atoms with Crippen LogP contribution in [0.3, 0.4) is 0 Å². The second-order valence-electron chi connectivity index (χ2n) is 5.76. The molecule has 3 rings (SSSR count). The third-order valence-electron chi connectivity index (χ3n) is 4.03. The molecule has 1 aliphatic rings. The van der Waals surface area contributed by atoms with Gasteiger partial charge in [-0.2, -0.15) is 0 Å². The highest BCUT2D eigenvalue weighted by Crippen LogP contribution is 2.26. The number of aryl methyl sites for hydroxylation is 1. The van der Waals surface area contributed by atoms with Crippen LogP contribution in [0, 0.1) is 12.7 Å². The standard InChI is InChI=1S/C18H15FN2O4/c1-10-2-3-11(18(24)25)8-14(10)20-15-9-16(22)21(17(15)23)13-6-4-12(19)5-7-13/h2-8,15,20H,9H2,1H3,(H,24,25)/p-1/t15-/m0/s1. The van der Waals surface area contributed by atoms with Crippen molar-refractivity contribution < 1.29 is 23.9 Å². The molecule has 1 fully saturated rings. The monoisotopic (exact) mass is 341 g/mol. The topological polar surface area (TPSA) is 89.5 Å². The molecule has 2 amide bonds. The lowest BCUT2D eigenvalue weighted by molar-refractivity contribution is -0.255. The smallest absolute Gasteiger partial charge is 0.256 e. The number of amides is 2. The Morgan fingerprint density at radius 2 is 1.88 bits per heavy atom. The minimum Gasteiger partial charge on any atom is -0.545 e. The molecule has 1 N–H and O–H groups in total. The summed E-state index contributed by atoms with van der Waals surface area (Å²) in [5.41, 5.74) is 1.43. The van der Waals surface area contributed by atoms with E-state index in [0.717, 1.165) is 10.5 Å². The van der Waals surface area contributed by atoms with Gasteiger partial charge in [0.15, 0.2) is 0 Å². The maximum Gasteiger partial charge on any atom is 0.256 e. The van der Waals surface area contributed by atoms with Crippen LogP contribution in [0.4, 0.5) is 15.8 Å². The number of carboxylic acid groups (broad SMARTS) is 1. The van der Waals surface area contributed by atoms with Crippen molar-refractivity contribution in [3.63, 3.8) is 0 Å². The molecule has 0 aromatic heterocycles. The fourth-order valence-electron chi connectivity index (χ4n) is 2.70. The SMILES string of the molecule is Cc1ccc(C(=O)[O-])cc1N[C@H]1CC(=O)N(c2ccc(F)cc2)C1=O. The van der Waals surface area contributed by atoms with Crippen LogP contribution in [0.5, 0.6) is 0 Å². The molecule has 1 saturated heterocycles. The Morgan fingerprint density at radius 3 is 2.52 bits per heavy atom. The van der Waals surface area contributed by atoms with Crippen molar-refractivity contribution in [1.29, 1.82) is 0 Å². The summed E-state index contributed by atoms with van der Waals surface area (Å²) in [6.45, 7) is 1.75. The highest BCUT2D eigenvalue weighted by atomic mass is 19.1. The average Bonchev–Trinajstić information content (AvgIpc) is 2.84. The molecule has 128 valence electrons. The molecule has 0 bridgehead atoms. The number of imide groups is 1. The highest BCUT2D eigenvalue weighted by Gasteiger charge is 2.39. The number of halogens is 1. The van der Waals surface area contributed by atoms with Crippen LogP contribution in [0.2, 0.25) is 0 Å². The molecule has 6 nitrogen and oxygen atoms in total. The number of anilines is 2. The number of carbonyl (C=O) groups is 3. The van der Waals surface area contributed by atoms with E-state index in [-0.39, 0.29) is 12.0 Å². The summed E-state index contributed by atoms with van der Waals surface area (Å²) in [5.74, 6) is -2.69. The quantitative estimate of drug-likeness (QED) is 0.845. The zero-order chi connectivity index (χ0) is 18.1. The number of hydrogen-bond acceptors (Lipinski definition) is 5. The summed E-state index contributed by atoms with van der Waals surface area (Å²) >= 11 is 0. The average molecular weight is 341 g/mol. The first-order chi connectivity index (χ1) is 11.9. The van der Waals surface area contributed by atoms with Crippen molar-refractivity contribution in [2.45, 2.75) is 19.4 Å². The molecule has 0 unspecified atom stereocenters. The van der Waals surface area contributed by atoms with Crippen molar-refractivity contribution in [1.82, 2.24) is 0 Å². The number of nitrogens with zero attached hydrogens (tertiary/aromatic N) is 1. The van der Waals surface area contributed by atoms with E-state index in [0.29, 0.717) is 11.4 Å². The Morgan fingerprint density at radius 1 is 1.20 bits per heavy atom. The zero-order valence-electron chi connectivity index (χ0n) is 13.3. The lowest BCUT2D eigenvalue weighted by Gasteiger charge is -2.18. The van der Waals surface area contributed by atoms with Gasteiger partial charge in [0, 0.05) is 5.69 Å². The molecule has 0 radical (unpaired) electrons. The summed E-state index contributed by atoms with van der Waals surface area (Å²) in [4.78, 5) is 36.7. The number of rotatable bonds is 4. The fraction of sp³-hybridized carbons (Fsp3) is 0.167. The van der Waals surface area contributed by atoms with Crippen molar-refractivity contribution in [2.24, 2.45) is 0 Å². The van der Waals surface area contributed by atoms with Gasteiger partial charge in [-0.05, 0) is 48.4 Å². The highest BCUT2D eigenvalue weighted by molar-refractivity contribution is 6.23. The van der Waals surface area contributed by atoms with Gasteiger partial charge < -0.3 is 15.2 Å². The molecule has 0 aliphatic carbocycles. The maximum atomic E-state index is 13.0. The molecule has 0 spiro atoms. The molecule has 0 saturated carbocycles. The summed E-state index contributed by atoms with van der Waals surface area (Å²) in [5, 5.41) is 13.9. The zero-order valence-corrected chi connectivity index (χ0v) is 13.3. The summed E-state index contributed by atoms with van der Waals surface area (Å²) in [6, 6.07) is 8.59. The van der Waals surface area contributed by atoms with Gasteiger partial charge in [0.25, 0.3) is 5.91 Å². The summed E-state index contributed by atoms with van der Waals surface area (Å²) in [6.07, 6.45) is -0.0782. The van der Waals surface area contributed by atoms with E-state index in [1.165, 1.54) is 36.4 Å². The van der Waals surface area contributed by atoms with Crippen LogP contribution in [0.1, 0.15) is 22.3 Å². The number of carbonyl (C=O) groups excluding carboxylic acids is 3. The van der Waals surface area contributed by atoms with Gasteiger partial charge in [0.05, 0.1) is 18.1 Å². The Hall–Kier alpha value is -3.22.